The quantitative estimate of drug-likeness (QED) is 0.839. The minimum Gasteiger partial charge on any atom is -0.385 e. The lowest BCUT2D eigenvalue weighted by atomic mass is 10.0. The first-order chi connectivity index (χ1) is 9.74. The van der Waals surface area contributed by atoms with Gasteiger partial charge in [0.05, 0.1) is 12.6 Å². The van der Waals surface area contributed by atoms with Crippen molar-refractivity contribution < 1.29 is 9.53 Å². The first-order valence-corrected chi connectivity index (χ1v) is 7.41. The zero-order valence-corrected chi connectivity index (χ0v) is 12.4. The van der Waals surface area contributed by atoms with Crippen molar-refractivity contribution in [2.45, 2.75) is 38.6 Å². The molecule has 2 N–H and O–H groups in total. The molecule has 1 atom stereocenters. The number of amides is 1. The van der Waals surface area contributed by atoms with Crippen molar-refractivity contribution in [2.75, 3.05) is 25.6 Å². The summed E-state index contributed by atoms with van der Waals surface area (Å²) >= 11 is 0. The van der Waals surface area contributed by atoms with Gasteiger partial charge in [-0.2, -0.15) is 0 Å². The summed E-state index contributed by atoms with van der Waals surface area (Å²) in [6.45, 7) is 3.69. The number of hydrogen-bond donors (Lipinski definition) is 2. The molecule has 0 aromatic heterocycles. The summed E-state index contributed by atoms with van der Waals surface area (Å²) < 4.78 is 5.16. The number of anilines is 1. The Morgan fingerprint density at radius 2 is 2.35 bits per heavy atom. The summed E-state index contributed by atoms with van der Waals surface area (Å²) in [5.74, 6) is -0.00567. The van der Waals surface area contributed by atoms with E-state index in [4.69, 9.17) is 4.74 Å². The van der Waals surface area contributed by atoms with Gasteiger partial charge in [-0.1, -0.05) is 13.3 Å². The molecule has 1 aromatic rings. The van der Waals surface area contributed by atoms with E-state index >= 15 is 0 Å². The van der Waals surface area contributed by atoms with Gasteiger partial charge in [-0.3, -0.25) is 4.79 Å². The van der Waals surface area contributed by atoms with Crippen molar-refractivity contribution in [3.05, 3.63) is 29.3 Å². The number of carbonyl (C=O) groups excluding carboxylic acids is 1. The largest absolute Gasteiger partial charge is 0.385 e. The van der Waals surface area contributed by atoms with Gasteiger partial charge >= 0.3 is 0 Å². The summed E-state index contributed by atoms with van der Waals surface area (Å²) in [5.41, 5.74) is 3.14. The number of aryl methyl sites for hydroxylation is 1. The minimum absolute atomic E-state index is 0.00567. The second kappa shape index (κ2) is 7.29. The van der Waals surface area contributed by atoms with Crippen molar-refractivity contribution in [2.24, 2.45) is 0 Å². The van der Waals surface area contributed by atoms with Crippen LogP contribution in [0.5, 0.6) is 0 Å². The minimum atomic E-state index is -0.00567. The van der Waals surface area contributed by atoms with Crippen LogP contribution in [0.15, 0.2) is 18.2 Å². The van der Waals surface area contributed by atoms with Gasteiger partial charge in [0, 0.05) is 24.9 Å². The summed E-state index contributed by atoms with van der Waals surface area (Å²) in [6, 6.07) is 6.00. The average molecular weight is 276 g/mol. The van der Waals surface area contributed by atoms with Crippen molar-refractivity contribution >= 4 is 11.6 Å². The summed E-state index contributed by atoms with van der Waals surface area (Å²) in [5, 5.41) is 6.42. The van der Waals surface area contributed by atoms with Crippen LogP contribution < -0.4 is 10.6 Å². The van der Waals surface area contributed by atoms with Crippen LogP contribution in [0, 0.1) is 0 Å². The fourth-order valence-corrected chi connectivity index (χ4v) is 2.63. The van der Waals surface area contributed by atoms with Crippen LogP contribution in [0.25, 0.3) is 0 Å². The summed E-state index contributed by atoms with van der Waals surface area (Å²) in [4.78, 5) is 12.3. The topological polar surface area (TPSA) is 50.4 Å². The molecule has 0 aliphatic carbocycles. The molecule has 0 fully saturated rings. The molecule has 0 spiro atoms. The average Bonchev–Trinajstić information content (AvgIpc) is 2.47. The van der Waals surface area contributed by atoms with Crippen molar-refractivity contribution in [1.29, 1.82) is 0 Å². The Kier molecular flexibility index (Phi) is 5.41. The lowest BCUT2D eigenvalue weighted by Crippen LogP contribution is -2.38. The monoisotopic (exact) mass is 276 g/mol. The predicted octanol–water partition coefficient (Wildman–Crippen LogP) is 2.59. The Bertz CT molecular complexity index is 454. The van der Waals surface area contributed by atoms with E-state index in [9.17, 15) is 4.79 Å². The molecule has 0 bridgehead atoms. The van der Waals surface area contributed by atoms with Gasteiger partial charge in [0.2, 0.25) is 0 Å². The van der Waals surface area contributed by atoms with Crippen LogP contribution in [0.4, 0.5) is 5.69 Å². The molecular formula is C16H24N2O2. The van der Waals surface area contributed by atoms with Crippen LogP contribution in [0.1, 0.15) is 42.1 Å². The second-order valence-corrected chi connectivity index (χ2v) is 5.32. The Morgan fingerprint density at radius 1 is 1.50 bits per heavy atom. The van der Waals surface area contributed by atoms with E-state index in [1.165, 1.54) is 5.56 Å². The van der Waals surface area contributed by atoms with E-state index in [-0.39, 0.29) is 11.9 Å². The maximum Gasteiger partial charge on any atom is 0.251 e. The Balaban J connectivity index is 2.04. The molecule has 4 nitrogen and oxygen atoms in total. The fourth-order valence-electron chi connectivity index (χ4n) is 2.63. The number of rotatable bonds is 6. The lowest BCUT2D eigenvalue weighted by molar-refractivity contribution is 0.0891. The van der Waals surface area contributed by atoms with E-state index in [0.717, 1.165) is 43.5 Å². The number of hydrogen-bond acceptors (Lipinski definition) is 3. The van der Waals surface area contributed by atoms with Crippen molar-refractivity contribution in [1.82, 2.24) is 5.32 Å². The van der Waals surface area contributed by atoms with Crippen molar-refractivity contribution in [3.8, 4) is 0 Å². The van der Waals surface area contributed by atoms with Gasteiger partial charge in [0.15, 0.2) is 0 Å². The molecule has 110 valence electrons. The summed E-state index contributed by atoms with van der Waals surface area (Å²) in [6.07, 6.45) is 4.13. The van der Waals surface area contributed by atoms with Crippen molar-refractivity contribution in [3.63, 3.8) is 0 Å². The lowest BCUT2D eigenvalue weighted by Gasteiger charge is -2.20. The Hall–Kier alpha value is -1.55. The molecule has 1 unspecified atom stereocenters. The molecule has 0 radical (unpaired) electrons. The molecule has 1 aromatic carbocycles. The SMILES string of the molecule is CCCC(COC)NC(=O)c1ccc2c(c1)CCCN2. The highest BCUT2D eigenvalue weighted by Gasteiger charge is 2.15. The zero-order chi connectivity index (χ0) is 14.4. The van der Waals surface area contributed by atoms with Crippen LogP contribution in [-0.4, -0.2) is 32.2 Å². The number of nitrogens with one attached hydrogen (secondary N) is 2. The van der Waals surface area contributed by atoms with Crippen LogP contribution in [-0.2, 0) is 11.2 Å². The number of benzene rings is 1. The van der Waals surface area contributed by atoms with E-state index in [0.29, 0.717) is 6.61 Å². The molecule has 1 aliphatic heterocycles. The third kappa shape index (κ3) is 3.73. The Morgan fingerprint density at radius 3 is 3.10 bits per heavy atom. The third-order valence-corrected chi connectivity index (χ3v) is 3.65. The maximum atomic E-state index is 12.3. The molecule has 1 aliphatic rings. The highest BCUT2D eigenvalue weighted by atomic mass is 16.5. The van der Waals surface area contributed by atoms with Crippen LogP contribution >= 0.6 is 0 Å². The zero-order valence-electron chi connectivity index (χ0n) is 12.4. The van der Waals surface area contributed by atoms with E-state index in [1.54, 1.807) is 7.11 Å². The van der Waals surface area contributed by atoms with Gasteiger partial charge in [-0.05, 0) is 43.0 Å². The molecule has 2 rings (SSSR count). The molecule has 0 saturated heterocycles. The van der Waals surface area contributed by atoms with E-state index in [1.807, 2.05) is 18.2 Å². The first kappa shape index (κ1) is 14.9. The third-order valence-electron chi connectivity index (χ3n) is 3.65. The van der Waals surface area contributed by atoms with E-state index < -0.39 is 0 Å². The molecule has 1 heterocycles. The second-order valence-electron chi connectivity index (χ2n) is 5.32. The van der Waals surface area contributed by atoms with Crippen LogP contribution in [0.2, 0.25) is 0 Å². The molecular weight excluding hydrogens is 252 g/mol. The Labute approximate surface area is 120 Å². The first-order valence-electron chi connectivity index (χ1n) is 7.41. The molecule has 0 saturated carbocycles. The number of ether oxygens (including phenoxy) is 1. The highest BCUT2D eigenvalue weighted by Crippen LogP contribution is 2.22. The standard InChI is InChI=1S/C16H24N2O2/c1-3-5-14(11-20-2)18-16(19)13-7-8-15-12(10-13)6-4-9-17-15/h7-8,10,14,17H,3-6,9,11H2,1-2H3,(H,18,19). The highest BCUT2D eigenvalue weighted by molar-refractivity contribution is 5.95. The maximum absolute atomic E-state index is 12.3. The van der Waals surface area contributed by atoms with E-state index in [2.05, 4.69) is 17.6 Å². The normalized spacial score (nSPS) is 15.1. The molecule has 1 amide bonds. The van der Waals surface area contributed by atoms with Crippen LogP contribution in [0.3, 0.4) is 0 Å². The van der Waals surface area contributed by atoms with Gasteiger partial charge in [-0.15, -0.1) is 0 Å². The van der Waals surface area contributed by atoms with Gasteiger partial charge in [-0.25, -0.2) is 0 Å². The molecule has 4 heteroatoms. The fraction of sp³-hybridized carbons (Fsp3) is 0.562. The van der Waals surface area contributed by atoms with Gasteiger partial charge in [0.1, 0.15) is 0 Å². The number of methoxy groups -OCH3 is 1. The smallest absolute Gasteiger partial charge is 0.251 e. The van der Waals surface area contributed by atoms with Gasteiger partial charge in [0.25, 0.3) is 5.91 Å². The molecule has 20 heavy (non-hydrogen) atoms. The number of carbonyl (C=O) groups is 1. The number of fused-ring (bicyclic) bond motifs is 1. The van der Waals surface area contributed by atoms with Gasteiger partial charge < -0.3 is 15.4 Å². The predicted molar refractivity (Wildman–Crippen MR) is 81.3 cm³/mol. The summed E-state index contributed by atoms with van der Waals surface area (Å²) in [7, 11) is 1.67.